The number of rotatable bonds is 6. The summed E-state index contributed by atoms with van der Waals surface area (Å²) >= 11 is 0. The van der Waals surface area contributed by atoms with Gasteiger partial charge in [-0.05, 0) is 0 Å². The Morgan fingerprint density at radius 2 is 0.867 bits per heavy atom. The molecule has 0 radical (unpaired) electrons. The first-order valence-corrected chi connectivity index (χ1v) is 12.8. The van der Waals surface area contributed by atoms with Gasteiger partial charge in [-0.2, -0.15) is 0 Å². The van der Waals surface area contributed by atoms with Crippen LogP contribution >= 0.6 is 23.6 Å². The van der Waals surface area contributed by atoms with E-state index in [0.29, 0.717) is 6.16 Å². The summed E-state index contributed by atoms with van der Waals surface area (Å²) in [6.45, 7) is -0.696. The van der Waals surface area contributed by atoms with Gasteiger partial charge in [-0.1, -0.05) is 0 Å². The van der Waals surface area contributed by atoms with Crippen LogP contribution in [0.2, 0.25) is 0 Å². The van der Waals surface area contributed by atoms with Crippen molar-refractivity contribution >= 4 is 45.3 Å². The van der Waals surface area contributed by atoms with Gasteiger partial charge in [0.05, 0.1) is 0 Å². The molecular weight excluding hydrogens is 451 g/mol. The molecule has 0 atom stereocenters. The van der Waals surface area contributed by atoms with Gasteiger partial charge in [0.2, 0.25) is 0 Å². The fraction of sp³-hybridized carbons (Fsp3) is 0.0741. The van der Waals surface area contributed by atoms with Crippen LogP contribution in [0.4, 0.5) is 0 Å². The fourth-order valence-electron chi connectivity index (χ4n) is 4.29. The first-order valence-electron chi connectivity index (χ1n) is 9.88. The second-order valence-corrected chi connectivity index (χ2v) is 13.2. The van der Waals surface area contributed by atoms with Crippen molar-refractivity contribution in [2.75, 3.05) is 12.8 Å². The van der Waals surface area contributed by atoms with E-state index in [9.17, 15) is 4.79 Å². The molecule has 3 heteroatoms. The SMILES string of the molecule is Br.CP(CC(=O)c1ccccc1)(c1ccccc1)(c1ccccc1)c1ccccc1. The van der Waals surface area contributed by atoms with Crippen LogP contribution in [-0.4, -0.2) is 18.6 Å². The van der Waals surface area contributed by atoms with E-state index in [-0.39, 0.29) is 22.8 Å². The van der Waals surface area contributed by atoms with Gasteiger partial charge in [0.25, 0.3) is 0 Å². The van der Waals surface area contributed by atoms with Crippen molar-refractivity contribution in [3.63, 3.8) is 0 Å². The van der Waals surface area contributed by atoms with Crippen LogP contribution in [0, 0.1) is 0 Å². The Morgan fingerprint density at radius 1 is 0.567 bits per heavy atom. The first-order chi connectivity index (χ1) is 14.1. The van der Waals surface area contributed by atoms with Gasteiger partial charge >= 0.3 is 173 Å². The molecule has 4 aromatic carbocycles. The topological polar surface area (TPSA) is 17.1 Å². The maximum absolute atomic E-state index is 13.6. The Hall–Kier alpha value is -2.54. The summed E-state index contributed by atoms with van der Waals surface area (Å²) in [5.41, 5.74) is 0.770. The molecule has 4 aromatic rings. The number of ketones is 1. The number of carbonyl (C=O) groups is 1. The number of carbonyl (C=O) groups excluding carboxylic acids is 1. The van der Waals surface area contributed by atoms with E-state index >= 15 is 0 Å². The summed E-state index contributed by atoms with van der Waals surface area (Å²) in [6.07, 6.45) is 0.466. The maximum atomic E-state index is 13.6. The van der Waals surface area contributed by atoms with Crippen LogP contribution in [0.15, 0.2) is 121 Å². The molecule has 0 amide bonds. The fourth-order valence-corrected chi connectivity index (χ4v) is 9.57. The third-order valence-corrected chi connectivity index (χ3v) is 12.2. The number of hydrogen-bond acceptors (Lipinski definition) is 1. The molecule has 30 heavy (non-hydrogen) atoms. The Morgan fingerprint density at radius 3 is 1.20 bits per heavy atom. The van der Waals surface area contributed by atoms with Crippen molar-refractivity contribution in [2.24, 2.45) is 0 Å². The summed E-state index contributed by atoms with van der Waals surface area (Å²) in [5.74, 6) is 0.183. The van der Waals surface area contributed by atoms with Gasteiger partial charge in [0.1, 0.15) is 0 Å². The summed E-state index contributed by atoms with van der Waals surface area (Å²) in [5, 5.41) is 3.71. The monoisotopic (exact) mass is 476 g/mol. The van der Waals surface area contributed by atoms with Gasteiger partial charge in [-0.15, -0.1) is 17.0 Å². The summed E-state index contributed by atoms with van der Waals surface area (Å²) in [6, 6.07) is 41.4. The molecule has 0 saturated carbocycles. The van der Waals surface area contributed by atoms with Gasteiger partial charge in [-0.3, -0.25) is 0 Å². The van der Waals surface area contributed by atoms with E-state index in [1.54, 1.807) is 0 Å². The van der Waals surface area contributed by atoms with Crippen molar-refractivity contribution in [2.45, 2.75) is 0 Å². The summed E-state index contributed by atoms with van der Waals surface area (Å²) in [7, 11) is 0. The van der Waals surface area contributed by atoms with Crippen LogP contribution in [0.5, 0.6) is 0 Å². The molecule has 0 heterocycles. The van der Waals surface area contributed by atoms with Crippen LogP contribution in [0.25, 0.3) is 0 Å². The second kappa shape index (κ2) is 9.08. The van der Waals surface area contributed by atoms with E-state index in [1.165, 1.54) is 15.9 Å². The van der Waals surface area contributed by atoms with Crippen LogP contribution in [-0.2, 0) is 0 Å². The third-order valence-electron chi connectivity index (χ3n) is 6.00. The summed E-state index contributed by atoms with van der Waals surface area (Å²) in [4.78, 5) is 13.6. The molecular formula is C27H26BrOP. The zero-order valence-corrected chi connectivity index (χ0v) is 19.6. The van der Waals surface area contributed by atoms with Crippen molar-refractivity contribution in [1.29, 1.82) is 0 Å². The van der Waals surface area contributed by atoms with Crippen LogP contribution < -0.4 is 15.9 Å². The molecule has 0 bridgehead atoms. The van der Waals surface area contributed by atoms with Gasteiger partial charge in [0, 0.05) is 0 Å². The number of halogens is 1. The molecule has 0 N–H and O–H groups in total. The Labute approximate surface area is 189 Å². The van der Waals surface area contributed by atoms with Crippen molar-refractivity contribution in [3.8, 4) is 0 Å². The van der Waals surface area contributed by atoms with E-state index in [0.717, 1.165) is 5.56 Å². The Kier molecular flexibility index (Phi) is 6.71. The Balaban J connectivity index is 0.00000256. The molecule has 0 aromatic heterocycles. The molecule has 152 valence electrons. The zero-order chi connectivity index (χ0) is 20.2. The predicted molar refractivity (Wildman–Crippen MR) is 137 cm³/mol. The molecule has 0 spiro atoms. The molecule has 0 aliphatic heterocycles. The second-order valence-electron chi connectivity index (χ2n) is 7.75. The average molecular weight is 477 g/mol. The van der Waals surface area contributed by atoms with Crippen LogP contribution in [0.3, 0.4) is 0 Å². The molecule has 0 unspecified atom stereocenters. The van der Waals surface area contributed by atoms with Crippen LogP contribution in [0.1, 0.15) is 10.4 Å². The number of hydrogen-bond donors (Lipinski definition) is 0. The predicted octanol–water partition coefficient (Wildman–Crippen LogP) is 5.61. The third kappa shape index (κ3) is 3.78. The molecule has 0 aliphatic rings. The quantitative estimate of drug-likeness (QED) is 0.261. The first kappa shape index (κ1) is 22.2. The minimum absolute atomic E-state index is 0. The number of Topliss-reactive ketones (excluding diaryl/α,β-unsaturated/α-hetero) is 1. The molecule has 1 nitrogen and oxygen atoms in total. The summed E-state index contributed by atoms with van der Waals surface area (Å²) < 4.78 is 0. The van der Waals surface area contributed by atoms with Gasteiger partial charge in [-0.25, -0.2) is 0 Å². The molecule has 0 aliphatic carbocycles. The van der Waals surface area contributed by atoms with E-state index in [1.807, 2.05) is 48.5 Å². The molecule has 4 rings (SSSR count). The zero-order valence-electron chi connectivity index (χ0n) is 17.0. The molecule has 0 saturated heterocycles. The van der Waals surface area contributed by atoms with E-state index < -0.39 is 6.60 Å². The van der Waals surface area contributed by atoms with E-state index in [4.69, 9.17) is 0 Å². The van der Waals surface area contributed by atoms with Gasteiger partial charge in [0.15, 0.2) is 0 Å². The number of benzene rings is 4. The van der Waals surface area contributed by atoms with Crippen molar-refractivity contribution < 1.29 is 4.79 Å². The van der Waals surface area contributed by atoms with E-state index in [2.05, 4.69) is 79.5 Å². The Bertz CT molecular complexity index is 997. The standard InChI is InChI=1S/C27H25OP.BrH/c1-29(24-16-8-3-9-17-24,25-18-10-4-11-19-25,26-20-12-5-13-21-26)22-27(28)23-14-6-2-7-15-23;/h2-21H,22H2,1H3;1H. The van der Waals surface area contributed by atoms with Crippen molar-refractivity contribution in [3.05, 3.63) is 127 Å². The van der Waals surface area contributed by atoms with Crippen molar-refractivity contribution in [1.82, 2.24) is 0 Å². The molecule has 0 fully saturated rings. The average Bonchev–Trinajstić information content (AvgIpc) is 2.81. The minimum atomic E-state index is -3.04. The normalized spacial score (nSPS) is 12.2. The van der Waals surface area contributed by atoms with Gasteiger partial charge < -0.3 is 0 Å².